The largest absolute Gasteiger partial charge is 0.379 e. The van der Waals surface area contributed by atoms with Gasteiger partial charge in [-0.05, 0) is 28.0 Å². The summed E-state index contributed by atoms with van der Waals surface area (Å²) < 4.78 is 4.40. The van der Waals surface area contributed by atoms with Crippen LogP contribution in [0.3, 0.4) is 0 Å². The van der Waals surface area contributed by atoms with E-state index < -0.39 is 0 Å². The Morgan fingerprint density at radius 1 is 1.29 bits per heavy atom. The summed E-state index contributed by atoms with van der Waals surface area (Å²) in [6.45, 7) is 0.346. The van der Waals surface area contributed by atoms with Crippen molar-refractivity contribution in [2.75, 3.05) is 19.8 Å². The van der Waals surface area contributed by atoms with Crippen molar-refractivity contribution >= 4 is 17.6 Å². The summed E-state index contributed by atoms with van der Waals surface area (Å²) in [7, 11) is 3.18. The molecule has 0 fully saturated rings. The fourth-order valence-corrected chi connectivity index (χ4v) is 1.78. The number of hydrogen-bond donors (Lipinski definition) is 2. The van der Waals surface area contributed by atoms with Crippen molar-refractivity contribution in [3.63, 3.8) is 0 Å². The monoisotopic (exact) mass is 289 g/mol. The van der Waals surface area contributed by atoms with Crippen LogP contribution in [-0.2, 0) is 6.54 Å². The van der Waals surface area contributed by atoms with Crippen LogP contribution in [-0.4, -0.2) is 41.1 Å². The minimum atomic E-state index is -0.385. The topological polar surface area (TPSA) is 114 Å². The highest BCUT2D eigenvalue weighted by atomic mass is 16.6. The molecule has 0 saturated carbocycles. The number of amides is 2. The number of nitrogens with one attached hydrogen (secondary N) is 1. The van der Waals surface area contributed by atoms with Crippen molar-refractivity contribution in [1.29, 1.82) is 0 Å². The number of benzene rings is 1. The minimum Gasteiger partial charge on any atom is -0.379 e. The van der Waals surface area contributed by atoms with E-state index in [1.807, 2.05) is 0 Å². The number of nitrogens with two attached hydrogens (primary N) is 1. The fourth-order valence-electron chi connectivity index (χ4n) is 1.78. The molecule has 8 heteroatoms. The number of aromatic nitrogens is 2. The molecular weight excluding hydrogens is 274 g/mol. The van der Waals surface area contributed by atoms with Gasteiger partial charge in [0.15, 0.2) is 0 Å². The van der Waals surface area contributed by atoms with Crippen molar-refractivity contribution < 1.29 is 14.2 Å². The Labute approximate surface area is 120 Å². The molecule has 0 atom stereocenters. The zero-order valence-corrected chi connectivity index (χ0v) is 11.7. The highest BCUT2D eigenvalue weighted by molar-refractivity contribution is 5.96. The van der Waals surface area contributed by atoms with Gasteiger partial charge in [-0.1, -0.05) is 12.1 Å². The Kier molecular flexibility index (Phi) is 4.17. The van der Waals surface area contributed by atoms with Crippen molar-refractivity contribution in [3.8, 4) is 0 Å². The van der Waals surface area contributed by atoms with E-state index in [1.165, 1.54) is 4.90 Å². The summed E-state index contributed by atoms with van der Waals surface area (Å²) >= 11 is 0. The average molecular weight is 289 g/mol. The zero-order chi connectivity index (χ0) is 15.4. The molecule has 3 N–H and O–H groups in total. The standard InChI is InChI=1S/C13H15N5O3/c1-15-12(19)9-5-3-8(4-6-9)7-18(2)13(20)10-11(14)17-21-16-10/h3-6H,7H2,1-2H3,(H2,14,17)(H,15,19). The molecule has 1 aromatic heterocycles. The van der Waals surface area contributed by atoms with E-state index in [9.17, 15) is 9.59 Å². The first-order valence-corrected chi connectivity index (χ1v) is 6.17. The van der Waals surface area contributed by atoms with Gasteiger partial charge in [-0.3, -0.25) is 9.59 Å². The number of hydrogen-bond acceptors (Lipinski definition) is 6. The third kappa shape index (κ3) is 3.16. The first kappa shape index (κ1) is 14.5. The Hall–Kier alpha value is -2.90. The molecule has 21 heavy (non-hydrogen) atoms. The van der Waals surface area contributed by atoms with Gasteiger partial charge in [0.2, 0.25) is 11.5 Å². The molecule has 2 amide bonds. The van der Waals surface area contributed by atoms with Gasteiger partial charge in [-0.25, -0.2) is 4.63 Å². The van der Waals surface area contributed by atoms with Crippen LogP contribution in [0.5, 0.6) is 0 Å². The summed E-state index contributed by atoms with van der Waals surface area (Å²) in [4.78, 5) is 24.9. The maximum atomic E-state index is 12.1. The second-order valence-electron chi connectivity index (χ2n) is 4.44. The Morgan fingerprint density at radius 3 is 2.48 bits per heavy atom. The van der Waals surface area contributed by atoms with Gasteiger partial charge < -0.3 is 16.0 Å². The highest BCUT2D eigenvalue weighted by Crippen LogP contribution is 2.11. The molecule has 2 aromatic rings. The molecule has 110 valence electrons. The predicted octanol–water partition coefficient (Wildman–Crippen LogP) is 0.284. The van der Waals surface area contributed by atoms with Crippen LogP contribution in [0.15, 0.2) is 28.9 Å². The molecule has 0 aliphatic rings. The molecule has 0 unspecified atom stereocenters. The molecule has 1 aromatic carbocycles. The van der Waals surface area contributed by atoms with Crippen LogP contribution in [0.1, 0.15) is 26.4 Å². The van der Waals surface area contributed by atoms with Gasteiger partial charge >= 0.3 is 0 Å². The van der Waals surface area contributed by atoms with Crippen molar-refractivity contribution in [3.05, 3.63) is 41.1 Å². The first-order valence-electron chi connectivity index (χ1n) is 6.17. The zero-order valence-electron chi connectivity index (χ0n) is 11.7. The summed E-state index contributed by atoms with van der Waals surface area (Å²) in [6, 6.07) is 6.94. The molecule has 2 rings (SSSR count). The van der Waals surface area contributed by atoms with Crippen molar-refractivity contribution in [2.45, 2.75) is 6.54 Å². The predicted molar refractivity (Wildman–Crippen MR) is 74.3 cm³/mol. The molecule has 0 bridgehead atoms. The van der Waals surface area contributed by atoms with E-state index in [-0.39, 0.29) is 23.3 Å². The second-order valence-corrected chi connectivity index (χ2v) is 4.44. The quantitative estimate of drug-likeness (QED) is 0.835. The van der Waals surface area contributed by atoms with Gasteiger partial charge in [-0.2, -0.15) is 0 Å². The third-order valence-electron chi connectivity index (χ3n) is 2.93. The molecule has 0 radical (unpaired) electrons. The lowest BCUT2D eigenvalue weighted by Gasteiger charge is -2.15. The number of nitrogens with zero attached hydrogens (tertiary/aromatic N) is 3. The van der Waals surface area contributed by atoms with Crippen LogP contribution in [0.25, 0.3) is 0 Å². The van der Waals surface area contributed by atoms with Crippen LogP contribution in [0.4, 0.5) is 5.82 Å². The van der Waals surface area contributed by atoms with Crippen LogP contribution < -0.4 is 11.1 Å². The Bertz CT molecular complexity index is 650. The number of anilines is 1. The summed E-state index contributed by atoms with van der Waals surface area (Å²) in [5.74, 6) is -0.585. The summed E-state index contributed by atoms with van der Waals surface area (Å²) in [5, 5.41) is 9.38. The molecule has 1 heterocycles. The minimum absolute atomic E-state index is 0.0144. The summed E-state index contributed by atoms with van der Waals surface area (Å²) in [6.07, 6.45) is 0. The van der Waals surface area contributed by atoms with Crippen LogP contribution in [0, 0.1) is 0 Å². The van der Waals surface area contributed by atoms with Gasteiger partial charge in [0.1, 0.15) is 0 Å². The second kappa shape index (κ2) is 6.04. The third-order valence-corrected chi connectivity index (χ3v) is 2.93. The molecule has 0 spiro atoms. The number of carbonyl (C=O) groups excluding carboxylic acids is 2. The maximum Gasteiger partial charge on any atom is 0.280 e. The van der Waals surface area contributed by atoms with E-state index in [1.54, 1.807) is 38.4 Å². The fraction of sp³-hybridized carbons (Fsp3) is 0.231. The molecular formula is C13H15N5O3. The van der Waals surface area contributed by atoms with Gasteiger partial charge in [0, 0.05) is 26.2 Å². The maximum absolute atomic E-state index is 12.1. The summed E-state index contributed by atoms with van der Waals surface area (Å²) in [5.41, 5.74) is 6.89. The van der Waals surface area contributed by atoms with Gasteiger partial charge in [0.25, 0.3) is 11.8 Å². The number of carbonyl (C=O) groups is 2. The highest BCUT2D eigenvalue weighted by Gasteiger charge is 2.20. The molecule has 0 saturated heterocycles. The molecule has 8 nitrogen and oxygen atoms in total. The van der Waals surface area contributed by atoms with E-state index >= 15 is 0 Å². The Balaban J connectivity index is 2.06. The first-order chi connectivity index (χ1) is 10.0. The number of rotatable bonds is 4. The van der Waals surface area contributed by atoms with Crippen LogP contribution in [0.2, 0.25) is 0 Å². The van der Waals surface area contributed by atoms with Gasteiger partial charge in [0.05, 0.1) is 0 Å². The van der Waals surface area contributed by atoms with E-state index in [4.69, 9.17) is 5.73 Å². The lowest BCUT2D eigenvalue weighted by molar-refractivity contribution is 0.0774. The molecule has 0 aliphatic heterocycles. The van der Waals surface area contributed by atoms with Crippen molar-refractivity contribution in [1.82, 2.24) is 20.5 Å². The molecule has 0 aliphatic carbocycles. The Morgan fingerprint density at radius 2 is 1.95 bits per heavy atom. The normalized spacial score (nSPS) is 10.2. The smallest absolute Gasteiger partial charge is 0.280 e. The SMILES string of the molecule is CNC(=O)c1ccc(CN(C)C(=O)c2nonc2N)cc1. The number of nitrogen functional groups attached to an aromatic ring is 1. The van der Waals surface area contributed by atoms with Crippen LogP contribution >= 0.6 is 0 Å². The van der Waals surface area contributed by atoms with E-state index in [2.05, 4.69) is 20.3 Å². The average Bonchev–Trinajstić information content (AvgIpc) is 2.92. The van der Waals surface area contributed by atoms with E-state index in [0.717, 1.165) is 5.56 Å². The van der Waals surface area contributed by atoms with Crippen molar-refractivity contribution in [2.24, 2.45) is 0 Å². The van der Waals surface area contributed by atoms with E-state index in [0.29, 0.717) is 12.1 Å². The lowest BCUT2D eigenvalue weighted by atomic mass is 10.1. The van der Waals surface area contributed by atoms with Gasteiger partial charge in [-0.15, -0.1) is 0 Å². The lowest BCUT2D eigenvalue weighted by Crippen LogP contribution is -2.27.